The largest absolute Gasteiger partial charge is 0.509 e. The molecule has 0 fully saturated rings. The molecule has 0 spiro atoms. The molecule has 0 bridgehead atoms. The highest BCUT2D eigenvalue weighted by molar-refractivity contribution is 6.61. The van der Waals surface area contributed by atoms with Crippen LogP contribution in [0, 0.1) is 0 Å². The van der Waals surface area contributed by atoms with Gasteiger partial charge in [-0.05, 0) is 85.3 Å². The summed E-state index contributed by atoms with van der Waals surface area (Å²) in [6.45, 7) is 0. The molecule has 0 aliphatic rings. The molecule has 264 valence electrons. The number of hydrogen-bond donors (Lipinski definition) is 1. The molecule has 0 amide bonds. The number of hydrogen-bond acceptors (Lipinski definition) is 3. The maximum Gasteiger partial charge on any atom is 0.143 e. The van der Waals surface area contributed by atoms with Crippen LogP contribution in [0.4, 0.5) is 0 Å². The molecule has 57 heavy (non-hydrogen) atoms. The average Bonchev–Trinajstić information content (AvgIpc) is 3.83. The van der Waals surface area contributed by atoms with Gasteiger partial charge < -0.3 is 13.9 Å². The van der Waals surface area contributed by atoms with Crippen molar-refractivity contribution < 1.29 is 13.9 Å². The molecule has 0 aliphatic carbocycles. The van der Waals surface area contributed by atoms with Crippen molar-refractivity contribution >= 4 is 119 Å². The Kier molecular flexibility index (Phi) is 7.40. The third kappa shape index (κ3) is 4.85. The number of furan rings is 2. The lowest BCUT2D eigenvalue weighted by molar-refractivity contribution is 0.484. The van der Waals surface area contributed by atoms with Gasteiger partial charge >= 0.3 is 0 Å². The van der Waals surface area contributed by atoms with Gasteiger partial charge in [-0.2, -0.15) is 0 Å². The maximum absolute atomic E-state index is 11.1. The molecule has 0 saturated carbocycles. The molecule has 3 nitrogen and oxygen atoms in total. The Morgan fingerprint density at radius 3 is 1.51 bits per heavy atom. The van der Waals surface area contributed by atoms with Gasteiger partial charge in [0.05, 0.1) is 0 Å². The van der Waals surface area contributed by atoms with Gasteiger partial charge in [-0.25, -0.2) is 0 Å². The third-order valence-electron chi connectivity index (χ3n) is 12.4. The number of aromatic hydroxyl groups is 1. The lowest BCUT2D eigenvalue weighted by atomic mass is 9.64. The summed E-state index contributed by atoms with van der Waals surface area (Å²) in [6, 6.07) is 54.0. The first-order valence-corrected chi connectivity index (χ1v) is 19.6. The smallest absolute Gasteiger partial charge is 0.143 e. The van der Waals surface area contributed by atoms with Crippen LogP contribution in [0.3, 0.4) is 0 Å². The van der Waals surface area contributed by atoms with Crippen molar-refractivity contribution in [1.82, 2.24) is 0 Å². The molecule has 0 radical (unpaired) electrons. The second-order valence-corrected chi connectivity index (χ2v) is 15.4. The minimum atomic E-state index is 0.382. The summed E-state index contributed by atoms with van der Waals surface area (Å²) in [5.41, 5.74) is 16.6. The third-order valence-corrected chi connectivity index (χ3v) is 12.4. The Balaban J connectivity index is 1.22. The molecule has 0 saturated heterocycles. The number of rotatable bonds is 4. The Bertz CT molecular complexity index is 3400. The Morgan fingerprint density at radius 2 is 0.860 bits per heavy atom. The SMILES string of the molecule is Bc1c(B)c(-c2c3ccccc3c(-c3cccc(-c4c(-c5cccc6c5oc5ccccc56)ccc5oc6ccccc6c45)c3)c3ccccc23)c(B)c(B)c1O. The van der Waals surface area contributed by atoms with Crippen LogP contribution in [-0.4, -0.2) is 36.5 Å². The van der Waals surface area contributed by atoms with Crippen LogP contribution in [0.15, 0.2) is 160 Å². The van der Waals surface area contributed by atoms with Crippen LogP contribution in [0.2, 0.25) is 0 Å². The number of benzene rings is 9. The molecule has 1 N–H and O–H groups in total. The monoisotopic (exact) mass is 726 g/mol. The van der Waals surface area contributed by atoms with E-state index in [2.05, 4.69) is 149 Å². The van der Waals surface area contributed by atoms with E-state index in [0.717, 1.165) is 93.5 Å². The lowest BCUT2D eigenvalue weighted by Crippen LogP contribution is -2.42. The number of phenols is 1. The van der Waals surface area contributed by atoms with Gasteiger partial charge in [0.15, 0.2) is 0 Å². The van der Waals surface area contributed by atoms with Crippen LogP contribution in [-0.2, 0) is 0 Å². The number of fused-ring (bicyclic) bond motifs is 8. The van der Waals surface area contributed by atoms with Crippen LogP contribution >= 0.6 is 0 Å². The van der Waals surface area contributed by atoms with Crippen LogP contribution in [0.5, 0.6) is 5.75 Å². The summed E-state index contributed by atoms with van der Waals surface area (Å²) >= 11 is 0. The van der Waals surface area contributed by atoms with Crippen molar-refractivity contribution in [3.8, 4) is 50.3 Å². The van der Waals surface area contributed by atoms with Crippen molar-refractivity contribution in [2.24, 2.45) is 0 Å². The first kappa shape index (κ1) is 33.5. The van der Waals surface area contributed by atoms with Gasteiger partial charge in [-0.15, -0.1) is 0 Å². The van der Waals surface area contributed by atoms with Crippen LogP contribution in [0.1, 0.15) is 0 Å². The predicted molar refractivity (Wildman–Crippen MR) is 252 cm³/mol. The van der Waals surface area contributed by atoms with E-state index < -0.39 is 0 Å². The molecule has 0 aliphatic heterocycles. The van der Waals surface area contributed by atoms with Gasteiger partial charge in [0.25, 0.3) is 0 Å². The highest BCUT2D eigenvalue weighted by Gasteiger charge is 2.24. The maximum atomic E-state index is 11.1. The van der Waals surface area contributed by atoms with Crippen molar-refractivity contribution in [3.63, 3.8) is 0 Å². The van der Waals surface area contributed by atoms with Crippen molar-refractivity contribution in [2.75, 3.05) is 0 Å². The van der Waals surface area contributed by atoms with Gasteiger partial charge in [0.2, 0.25) is 0 Å². The minimum Gasteiger partial charge on any atom is -0.509 e. The summed E-state index contributed by atoms with van der Waals surface area (Å²) in [5, 5.41) is 20.2. The van der Waals surface area contributed by atoms with Crippen LogP contribution < -0.4 is 21.9 Å². The highest BCUT2D eigenvalue weighted by atomic mass is 16.3. The molecule has 9 aromatic carbocycles. The Morgan fingerprint density at radius 1 is 0.351 bits per heavy atom. The average molecular weight is 726 g/mol. The second-order valence-electron chi connectivity index (χ2n) is 15.4. The van der Waals surface area contributed by atoms with Crippen molar-refractivity contribution in [2.45, 2.75) is 0 Å². The fourth-order valence-electron chi connectivity index (χ4n) is 9.51. The Labute approximate surface area is 333 Å². The molecule has 7 heteroatoms. The molecule has 0 unspecified atom stereocenters. The quantitative estimate of drug-likeness (QED) is 0.154. The summed E-state index contributed by atoms with van der Waals surface area (Å²) in [6.07, 6.45) is 0. The fourth-order valence-corrected chi connectivity index (χ4v) is 9.51. The zero-order valence-electron chi connectivity index (χ0n) is 32.2. The first-order valence-electron chi connectivity index (χ1n) is 19.6. The highest BCUT2D eigenvalue weighted by Crippen LogP contribution is 2.48. The zero-order valence-corrected chi connectivity index (χ0v) is 32.2. The van der Waals surface area contributed by atoms with Gasteiger partial charge in [0, 0.05) is 32.7 Å². The van der Waals surface area contributed by atoms with E-state index in [9.17, 15) is 5.11 Å². The topological polar surface area (TPSA) is 46.5 Å². The van der Waals surface area contributed by atoms with Gasteiger partial charge in [-0.3, -0.25) is 0 Å². The number of para-hydroxylation sites is 3. The fraction of sp³-hybridized carbons (Fsp3) is 0. The summed E-state index contributed by atoms with van der Waals surface area (Å²) < 4.78 is 13.2. The van der Waals surface area contributed by atoms with E-state index in [1.165, 1.54) is 38.2 Å². The summed E-state index contributed by atoms with van der Waals surface area (Å²) in [5.74, 6) is 0.382. The summed E-state index contributed by atoms with van der Waals surface area (Å²) in [4.78, 5) is 0. The normalized spacial score (nSPS) is 11.9. The molecule has 2 heterocycles. The van der Waals surface area contributed by atoms with E-state index >= 15 is 0 Å². The van der Waals surface area contributed by atoms with E-state index in [-0.39, 0.29) is 0 Å². The van der Waals surface area contributed by atoms with Gasteiger partial charge in [0.1, 0.15) is 59.5 Å². The molecular formula is C50H34B4O3. The second kappa shape index (κ2) is 12.6. The molecule has 11 aromatic rings. The molecule has 2 aromatic heterocycles. The molecule has 0 atom stereocenters. The van der Waals surface area contributed by atoms with Crippen LogP contribution in [0.25, 0.3) is 110 Å². The number of phenolic OH excluding ortho intramolecular Hbond substituents is 1. The van der Waals surface area contributed by atoms with Crippen molar-refractivity contribution in [3.05, 3.63) is 152 Å². The molecule has 11 rings (SSSR count). The first-order chi connectivity index (χ1) is 27.9. The zero-order chi connectivity index (χ0) is 38.5. The van der Waals surface area contributed by atoms with E-state index in [0.29, 0.717) is 5.75 Å². The summed E-state index contributed by atoms with van der Waals surface area (Å²) in [7, 11) is 8.33. The molecular weight excluding hydrogens is 692 g/mol. The van der Waals surface area contributed by atoms with E-state index in [4.69, 9.17) is 8.83 Å². The van der Waals surface area contributed by atoms with Gasteiger partial charge in [-0.1, -0.05) is 143 Å². The lowest BCUT2D eigenvalue weighted by Gasteiger charge is -2.23. The standard InChI is InChI=1S/C50H34B4O3/c51-45-44(46(52)48(54)49(55)47(45)53)42-31-16-3-1-14-29(31)40(30-15-2-4-17-32(30)42)26-11-9-12-27(25-26)41-33(23-24-39-43(41)36-18-6-8-22-38(36)56-39)35-20-10-19-34-28-13-5-7-21-37(28)57-50(34)35/h1-25,55H,51-54H2. The van der Waals surface area contributed by atoms with Crippen molar-refractivity contribution in [1.29, 1.82) is 0 Å². The minimum absolute atomic E-state index is 0.382. The van der Waals surface area contributed by atoms with E-state index in [1.807, 2.05) is 33.9 Å². The van der Waals surface area contributed by atoms with E-state index in [1.54, 1.807) is 0 Å². The predicted octanol–water partition coefficient (Wildman–Crippen LogP) is 7.20. The Hall–Kier alpha value is -6.84.